The number of H-pyrrole nitrogens is 1. The Morgan fingerprint density at radius 2 is 1.81 bits per heavy atom. The van der Waals surface area contributed by atoms with Crippen molar-refractivity contribution in [2.75, 3.05) is 19.6 Å². The van der Waals surface area contributed by atoms with Crippen molar-refractivity contribution in [2.45, 2.75) is 64.3 Å². The van der Waals surface area contributed by atoms with E-state index in [0.717, 1.165) is 19.5 Å². The van der Waals surface area contributed by atoms with E-state index in [2.05, 4.69) is 29.0 Å². The summed E-state index contributed by atoms with van der Waals surface area (Å²) in [5.74, 6) is -0.406. The zero-order chi connectivity index (χ0) is 18.7. The number of hydrogen-bond acceptors (Lipinski definition) is 4. The van der Waals surface area contributed by atoms with E-state index in [1.807, 2.05) is 0 Å². The van der Waals surface area contributed by atoms with Crippen LogP contribution in [0.2, 0.25) is 0 Å². The number of fused-ring (bicyclic) bond motifs is 1. The fourth-order valence-electron chi connectivity index (χ4n) is 3.92. The average molecular weight is 359 g/mol. The van der Waals surface area contributed by atoms with Crippen molar-refractivity contribution < 1.29 is 9.59 Å². The number of amides is 1. The van der Waals surface area contributed by atoms with Gasteiger partial charge in [0.2, 0.25) is 0 Å². The van der Waals surface area contributed by atoms with Crippen molar-refractivity contribution in [1.29, 1.82) is 0 Å². The Kier molecular flexibility index (Phi) is 5.61. The van der Waals surface area contributed by atoms with Gasteiger partial charge in [0.1, 0.15) is 5.56 Å². The Labute approximate surface area is 154 Å². The number of nitrogens with zero attached hydrogens (tertiary/aromatic N) is 1. The maximum atomic E-state index is 12.6. The van der Waals surface area contributed by atoms with Crippen LogP contribution in [0, 0.1) is 0 Å². The second-order valence-corrected chi connectivity index (χ2v) is 8.08. The number of pyridine rings is 1. The van der Waals surface area contributed by atoms with Crippen molar-refractivity contribution >= 4 is 11.7 Å². The number of rotatable bonds is 4. The van der Waals surface area contributed by atoms with Gasteiger partial charge in [-0.3, -0.25) is 19.3 Å². The molecule has 1 aromatic heterocycles. The van der Waals surface area contributed by atoms with Crippen LogP contribution in [-0.2, 0) is 6.42 Å². The molecule has 6 nitrogen and oxygen atoms in total. The SMILES string of the molecule is CC(C)(CNC(=O)c1cc2c([nH]c1=O)CCCC2=O)N1CCCCCC1. The first-order valence-electron chi connectivity index (χ1n) is 9.71. The van der Waals surface area contributed by atoms with E-state index in [-0.39, 0.29) is 16.9 Å². The third-order valence-corrected chi connectivity index (χ3v) is 5.64. The molecule has 0 aromatic carbocycles. The van der Waals surface area contributed by atoms with Crippen molar-refractivity contribution in [1.82, 2.24) is 15.2 Å². The number of nitrogens with one attached hydrogen (secondary N) is 2. The second kappa shape index (κ2) is 7.74. The highest BCUT2D eigenvalue weighted by Crippen LogP contribution is 2.21. The van der Waals surface area contributed by atoms with Crippen LogP contribution in [0.1, 0.15) is 78.8 Å². The number of carbonyl (C=O) groups is 2. The van der Waals surface area contributed by atoms with Gasteiger partial charge in [0, 0.05) is 29.8 Å². The number of hydrogen-bond donors (Lipinski definition) is 2. The zero-order valence-electron chi connectivity index (χ0n) is 15.8. The summed E-state index contributed by atoms with van der Waals surface area (Å²) >= 11 is 0. The van der Waals surface area contributed by atoms with Crippen LogP contribution in [0.3, 0.4) is 0 Å². The molecule has 3 rings (SSSR count). The molecule has 2 heterocycles. The highest BCUT2D eigenvalue weighted by Gasteiger charge is 2.28. The number of carbonyl (C=O) groups excluding carboxylic acids is 2. The van der Waals surface area contributed by atoms with E-state index in [0.29, 0.717) is 30.6 Å². The van der Waals surface area contributed by atoms with Gasteiger partial charge in [-0.05, 0) is 58.7 Å². The molecule has 1 fully saturated rings. The fraction of sp³-hybridized carbons (Fsp3) is 0.650. The summed E-state index contributed by atoms with van der Waals surface area (Å²) in [7, 11) is 0. The average Bonchev–Trinajstić information content (AvgIpc) is 2.89. The molecule has 1 aliphatic carbocycles. The van der Waals surface area contributed by atoms with Gasteiger partial charge in [0.15, 0.2) is 5.78 Å². The summed E-state index contributed by atoms with van der Waals surface area (Å²) in [4.78, 5) is 42.1. The molecule has 142 valence electrons. The lowest BCUT2D eigenvalue weighted by molar-refractivity contribution is 0.0871. The Hall–Kier alpha value is -1.95. The van der Waals surface area contributed by atoms with E-state index in [1.165, 1.54) is 31.7 Å². The van der Waals surface area contributed by atoms with Gasteiger partial charge in [-0.2, -0.15) is 0 Å². The van der Waals surface area contributed by atoms with E-state index in [4.69, 9.17) is 0 Å². The van der Waals surface area contributed by atoms with Crippen molar-refractivity contribution in [3.05, 3.63) is 33.2 Å². The van der Waals surface area contributed by atoms with Gasteiger partial charge in [0.25, 0.3) is 11.5 Å². The highest BCUT2D eigenvalue weighted by atomic mass is 16.2. The summed E-state index contributed by atoms with van der Waals surface area (Å²) in [6.45, 7) is 6.79. The van der Waals surface area contributed by atoms with Crippen molar-refractivity contribution in [2.24, 2.45) is 0 Å². The predicted molar refractivity (Wildman–Crippen MR) is 101 cm³/mol. The molecular formula is C20H29N3O3. The third kappa shape index (κ3) is 4.06. The minimum atomic E-state index is -0.413. The van der Waals surface area contributed by atoms with Gasteiger partial charge in [-0.15, -0.1) is 0 Å². The van der Waals surface area contributed by atoms with Gasteiger partial charge < -0.3 is 10.3 Å². The first-order valence-corrected chi connectivity index (χ1v) is 9.71. The van der Waals surface area contributed by atoms with Crippen molar-refractivity contribution in [3.63, 3.8) is 0 Å². The third-order valence-electron chi connectivity index (χ3n) is 5.64. The van der Waals surface area contributed by atoms with Crippen LogP contribution in [0.4, 0.5) is 0 Å². The smallest absolute Gasteiger partial charge is 0.261 e. The number of Topliss-reactive ketones (excluding diaryl/α,β-unsaturated/α-hetero) is 1. The van der Waals surface area contributed by atoms with Crippen molar-refractivity contribution in [3.8, 4) is 0 Å². The summed E-state index contributed by atoms with van der Waals surface area (Å²) in [5, 5.41) is 2.91. The van der Waals surface area contributed by atoms with Gasteiger partial charge in [0.05, 0.1) is 0 Å². The Bertz CT molecular complexity index is 743. The van der Waals surface area contributed by atoms with E-state index < -0.39 is 11.5 Å². The lowest BCUT2D eigenvalue weighted by atomic mass is 9.93. The molecule has 1 saturated heterocycles. The predicted octanol–water partition coefficient (Wildman–Crippen LogP) is 2.28. The number of ketones is 1. The highest BCUT2D eigenvalue weighted by molar-refractivity contribution is 6.01. The molecule has 1 aromatic rings. The topological polar surface area (TPSA) is 82.3 Å². The molecule has 0 radical (unpaired) electrons. The lowest BCUT2D eigenvalue weighted by Gasteiger charge is -2.38. The molecule has 2 aliphatic rings. The van der Waals surface area contributed by atoms with Gasteiger partial charge in [-0.25, -0.2) is 0 Å². The summed E-state index contributed by atoms with van der Waals surface area (Å²) in [6, 6.07) is 1.48. The molecule has 0 saturated carbocycles. The molecule has 1 amide bonds. The molecule has 0 spiro atoms. The second-order valence-electron chi connectivity index (χ2n) is 8.08. The largest absolute Gasteiger partial charge is 0.350 e. The van der Waals surface area contributed by atoms with Crippen LogP contribution >= 0.6 is 0 Å². The van der Waals surface area contributed by atoms with E-state index in [1.54, 1.807) is 0 Å². The normalized spacial score (nSPS) is 18.9. The minimum absolute atomic E-state index is 0.00134. The molecular weight excluding hydrogens is 330 g/mol. The molecule has 0 bridgehead atoms. The van der Waals surface area contributed by atoms with Gasteiger partial charge >= 0.3 is 0 Å². The van der Waals surface area contributed by atoms with E-state index >= 15 is 0 Å². The quantitative estimate of drug-likeness (QED) is 0.864. The molecule has 6 heteroatoms. The molecule has 0 unspecified atom stereocenters. The number of aryl methyl sites for hydroxylation is 1. The van der Waals surface area contributed by atoms with Crippen LogP contribution in [-0.4, -0.2) is 46.7 Å². The maximum Gasteiger partial charge on any atom is 0.261 e. The Morgan fingerprint density at radius 3 is 2.50 bits per heavy atom. The van der Waals surface area contributed by atoms with E-state index in [9.17, 15) is 14.4 Å². The first-order chi connectivity index (χ1) is 12.4. The summed E-state index contributed by atoms with van der Waals surface area (Å²) in [5.41, 5.74) is 0.603. The minimum Gasteiger partial charge on any atom is -0.350 e. The standard InChI is InChI=1S/C20H29N3O3/c1-20(2,23-10-5-3-4-6-11-23)13-21-18(25)15-12-14-16(22-19(15)26)8-7-9-17(14)24/h12H,3-11,13H2,1-2H3,(H,21,25)(H,22,26). The maximum absolute atomic E-state index is 12.6. The molecule has 1 aliphatic heterocycles. The fourth-order valence-corrected chi connectivity index (χ4v) is 3.92. The van der Waals surface area contributed by atoms with Crippen LogP contribution in [0.15, 0.2) is 10.9 Å². The lowest BCUT2D eigenvalue weighted by Crippen LogP contribution is -2.52. The molecule has 2 N–H and O–H groups in total. The monoisotopic (exact) mass is 359 g/mol. The number of likely N-dealkylation sites (tertiary alicyclic amines) is 1. The molecule has 26 heavy (non-hydrogen) atoms. The summed E-state index contributed by atoms with van der Waals surface area (Å²) in [6.07, 6.45) is 6.79. The zero-order valence-corrected chi connectivity index (χ0v) is 15.8. The number of aromatic amines is 1. The summed E-state index contributed by atoms with van der Waals surface area (Å²) < 4.78 is 0. The molecule has 0 atom stereocenters. The first kappa shape index (κ1) is 18.8. The van der Waals surface area contributed by atoms with Crippen LogP contribution in [0.5, 0.6) is 0 Å². The number of aromatic nitrogens is 1. The Balaban J connectivity index is 1.71. The van der Waals surface area contributed by atoms with Crippen LogP contribution in [0.25, 0.3) is 0 Å². The van der Waals surface area contributed by atoms with Gasteiger partial charge in [-0.1, -0.05) is 12.8 Å². The van der Waals surface area contributed by atoms with Crippen LogP contribution < -0.4 is 10.9 Å². The Morgan fingerprint density at radius 1 is 1.12 bits per heavy atom.